The minimum Gasteiger partial charge on any atom is -0.294 e. The Hall–Kier alpha value is -1.68. The normalized spacial score (nSPS) is 10.8. The predicted molar refractivity (Wildman–Crippen MR) is 76.8 cm³/mol. The summed E-state index contributed by atoms with van der Waals surface area (Å²) < 4.78 is 15.5. The van der Waals surface area contributed by atoms with Gasteiger partial charge in [0.2, 0.25) is 0 Å². The average Bonchev–Trinajstić information content (AvgIpc) is 2.67. The first-order valence-electron chi connectivity index (χ1n) is 6.45. The second-order valence-electron chi connectivity index (χ2n) is 4.72. The van der Waals surface area contributed by atoms with Crippen LogP contribution in [0.25, 0.3) is 0 Å². The molecule has 0 bridgehead atoms. The second-order valence-corrected chi connectivity index (χ2v) is 5.15. The van der Waals surface area contributed by atoms with Crippen molar-refractivity contribution in [2.45, 2.75) is 33.7 Å². The summed E-state index contributed by atoms with van der Waals surface area (Å²) in [7, 11) is 0. The topological polar surface area (TPSA) is 34.9 Å². The Balaban J connectivity index is 2.37. The van der Waals surface area contributed by atoms with Crippen LogP contribution in [0.15, 0.2) is 18.2 Å². The van der Waals surface area contributed by atoms with E-state index in [0.29, 0.717) is 28.3 Å². The van der Waals surface area contributed by atoms with Gasteiger partial charge in [0, 0.05) is 22.7 Å². The van der Waals surface area contributed by atoms with Crippen molar-refractivity contribution >= 4 is 17.4 Å². The van der Waals surface area contributed by atoms with E-state index in [1.807, 2.05) is 13.8 Å². The van der Waals surface area contributed by atoms with Gasteiger partial charge in [-0.05, 0) is 26.0 Å². The van der Waals surface area contributed by atoms with Crippen LogP contribution in [0.2, 0.25) is 5.02 Å². The lowest BCUT2D eigenvalue weighted by Crippen LogP contribution is -2.07. The quantitative estimate of drug-likeness (QED) is 0.801. The smallest absolute Gasteiger partial charge is 0.166 e. The number of hydrogen-bond acceptors (Lipinski definition) is 2. The van der Waals surface area contributed by atoms with Crippen LogP contribution in [0.4, 0.5) is 4.39 Å². The number of nitrogens with zero attached hydrogens (tertiary/aromatic N) is 2. The molecular weight excluding hydrogens is 279 g/mol. The summed E-state index contributed by atoms with van der Waals surface area (Å²) in [5, 5.41) is 4.70. The molecule has 106 valence electrons. The number of ketones is 1. The molecule has 0 saturated heterocycles. The molecule has 1 aromatic carbocycles. The third-order valence-corrected chi connectivity index (χ3v) is 3.55. The summed E-state index contributed by atoms with van der Waals surface area (Å²) in [5.41, 5.74) is 2.59. The molecule has 3 nitrogen and oxygen atoms in total. The average molecular weight is 295 g/mol. The first-order chi connectivity index (χ1) is 9.43. The molecule has 0 radical (unpaired) electrons. The van der Waals surface area contributed by atoms with Crippen molar-refractivity contribution in [1.29, 1.82) is 0 Å². The number of aryl methyl sites for hydroxylation is 1. The van der Waals surface area contributed by atoms with E-state index in [4.69, 9.17) is 11.6 Å². The van der Waals surface area contributed by atoms with E-state index in [9.17, 15) is 9.18 Å². The zero-order valence-electron chi connectivity index (χ0n) is 11.7. The Kier molecular flexibility index (Phi) is 4.23. The molecular formula is C15H16ClFN2O. The van der Waals surface area contributed by atoms with Crippen LogP contribution in [-0.4, -0.2) is 15.6 Å². The number of carbonyl (C=O) groups is 1. The van der Waals surface area contributed by atoms with Gasteiger partial charge in [0.1, 0.15) is 5.82 Å². The molecule has 0 N–H and O–H groups in total. The van der Waals surface area contributed by atoms with Gasteiger partial charge in [0.05, 0.1) is 17.8 Å². The van der Waals surface area contributed by atoms with Gasteiger partial charge in [-0.25, -0.2) is 4.39 Å². The van der Waals surface area contributed by atoms with Crippen LogP contribution in [0.5, 0.6) is 0 Å². The lowest BCUT2D eigenvalue weighted by atomic mass is 10.1. The van der Waals surface area contributed by atoms with E-state index in [2.05, 4.69) is 5.10 Å². The van der Waals surface area contributed by atoms with E-state index in [1.165, 1.54) is 6.07 Å². The van der Waals surface area contributed by atoms with Gasteiger partial charge in [0.25, 0.3) is 0 Å². The van der Waals surface area contributed by atoms with E-state index in [0.717, 1.165) is 5.69 Å². The molecule has 0 aliphatic rings. The van der Waals surface area contributed by atoms with E-state index in [-0.39, 0.29) is 18.1 Å². The zero-order valence-corrected chi connectivity index (χ0v) is 12.5. The molecule has 2 rings (SSSR count). The van der Waals surface area contributed by atoms with Crippen LogP contribution in [0.3, 0.4) is 0 Å². The summed E-state index contributed by atoms with van der Waals surface area (Å²) in [6, 6.07) is 4.56. The summed E-state index contributed by atoms with van der Waals surface area (Å²) in [5.74, 6) is -0.309. The summed E-state index contributed by atoms with van der Waals surface area (Å²) in [6.45, 7) is 5.73. The number of Topliss-reactive ketones (excluding diaryl/α,β-unsaturated/α-hetero) is 1. The molecule has 2 aromatic rings. The number of benzene rings is 1. The highest BCUT2D eigenvalue weighted by molar-refractivity contribution is 6.30. The Morgan fingerprint density at radius 1 is 1.40 bits per heavy atom. The highest BCUT2D eigenvalue weighted by atomic mass is 35.5. The molecule has 0 saturated carbocycles. The Bertz CT molecular complexity index is 664. The molecule has 0 amide bonds. The van der Waals surface area contributed by atoms with Crippen molar-refractivity contribution < 1.29 is 9.18 Å². The number of rotatable bonds is 4. The SMILES string of the molecule is CCC(=O)c1c(C)nn(Cc2ccc(Cl)cc2F)c1C. The monoisotopic (exact) mass is 294 g/mol. The molecule has 0 aliphatic carbocycles. The molecule has 0 aliphatic heterocycles. The minimum absolute atomic E-state index is 0.0582. The molecule has 0 spiro atoms. The van der Waals surface area contributed by atoms with E-state index < -0.39 is 0 Å². The summed E-state index contributed by atoms with van der Waals surface area (Å²) >= 11 is 5.73. The Labute approximate surface area is 122 Å². The van der Waals surface area contributed by atoms with Gasteiger partial charge in [0.15, 0.2) is 5.78 Å². The lowest BCUT2D eigenvalue weighted by molar-refractivity contribution is 0.0987. The fraction of sp³-hybridized carbons (Fsp3) is 0.333. The molecule has 1 heterocycles. The first-order valence-corrected chi connectivity index (χ1v) is 6.83. The molecule has 0 fully saturated rings. The van der Waals surface area contributed by atoms with Crippen LogP contribution < -0.4 is 0 Å². The summed E-state index contributed by atoms with van der Waals surface area (Å²) in [4.78, 5) is 11.9. The predicted octanol–water partition coefficient (Wildman–Crippen LogP) is 3.93. The van der Waals surface area contributed by atoms with Crippen molar-refractivity contribution in [3.05, 3.63) is 51.6 Å². The third-order valence-electron chi connectivity index (χ3n) is 3.32. The molecule has 0 unspecified atom stereocenters. The van der Waals surface area contributed by atoms with Crippen molar-refractivity contribution in [1.82, 2.24) is 9.78 Å². The van der Waals surface area contributed by atoms with Crippen LogP contribution in [0, 0.1) is 19.7 Å². The molecule has 1 aromatic heterocycles. The van der Waals surface area contributed by atoms with Gasteiger partial charge >= 0.3 is 0 Å². The Morgan fingerprint density at radius 3 is 2.70 bits per heavy atom. The van der Waals surface area contributed by atoms with E-state index in [1.54, 1.807) is 23.7 Å². The molecule has 20 heavy (non-hydrogen) atoms. The van der Waals surface area contributed by atoms with Gasteiger partial charge in [-0.2, -0.15) is 5.10 Å². The van der Waals surface area contributed by atoms with Crippen LogP contribution >= 0.6 is 11.6 Å². The molecule has 5 heteroatoms. The van der Waals surface area contributed by atoms with E-state index >= 15 is 0 Å². The highest BCUT2D eigenvalue weighted by Gasteiger charge is 2.17. The van der Waals surface area contributed by atoms with Crippen molar-refractivity contribution in [3.63, 3.8) is 0 Å². The highest BCUT2D eigenvalue weighted by Crippen LogP contribution is 2.19. The molecule has 0 atom stereocenters. The Morgan fingerprint density at radius 2 is 2.10 bits per heavy atom. The zero-order chi connectivity index (χ0) is 14.9. The third kappa shape index (κ3) is 2.75. The second kappa shape index (κ2) is 5.75. The number of halogens is 2. The van der Waals surface area contributed by atoms with Crippen LogP contribution in [0.1, 0.15) is 40.7 Å². The fourth-order valence-corrected chi connectivity index (χ4v) is 2.40. The number of carbonyl (C=O) groups excluding carboxylic acids is 1. The standard InChI is InChI=1S/C15H16ClFN2O/c1-4-14(20)15-9(2)18-19(10(15)3)8-11-5-6-12(16)7-13(11)17/h5-7H,4,8H2,1-3H3. The first kappa shape index (κ1) is 14.7. The van der Waals surface area contributed by atoms with Crippen molar-refractivity contribution in [3.8, 4) is 0 Å². The van der Waals surface area contributed by atoms with Gasteiger partial charge in [-0.3, -0.25) is 9.48 Å². The maximum absolute atomic E-state index is 13.8. The van der Waals surface area contributed by atoms with Gasteiger partial charge in [-0.1, -0.05) is 24.6 Å². The number of hydrogen-bond donors (Lipinski definition) is 0. The number of aromatic nitrogens is 2. The maximum Gasteiger partial charge on any atom is 0.166 e. The maximum atomic E-state index is 13.8. The van der Waals surface area contributed by atoms with Gasteiger partial charge in [-0.15, -0.1) is 0 Å². The van der Waals surface area contributed by atoms with Gasteiger partial charge < -0.3 is 0 Å². The summed E-state index contributed by atoms with van der Waals surface area (Å²) in [6.07, 6.45) is 0.433. The van der Waals surface area contributed by atoms with Crippen molar-refractivity contribution in [2.75, 3.05) is 0 Å². The lowest BCUT2D eigenvalue weighted by Gasteiger charge is -2.07. The fourth-order valence-electron chi connectivity index (χ4n) is 2.24. The van der Waals surface area contributed by atoms with Crippen molar-refractivity contribution in [2.24, 2.45) is 0 Å². The van der Waals surface area contributed by atoms with Crippen LogP contribution in [-0.2, 0) is 6.54 Å². The largest absolute Gasteiger partial charge is 0.294 e. The minimum atomic E-state index is -0.367.